The number of benzene rings is 2. The van der Waals surface area contributed by atoms with Crippen LogP contribution in [0.2, 0.25) is 0 Å². The normalized spacial score (nSPS) is 16.6. The van der Waals surface area contributed by atoms with Crippen LogP contribution in [0.25, 0.3) is 0 Å². The largest absolute Gasteiger partial charge is 0.392 e. The molecule has 0 atom stereocenters. The van der Waals surface area contributed by atoms with Gasteiger partial charge in [-0.15, -0.1) is 0 Å². The highest BCUT2D eigenvalue weighted by atomic mass is 16.3. The topological polar surface area (TPSA) is 80.9 Å². The highest BCUT2D eigenvalue weighted by molar-refractivity contribution is 5.46. The average molecular weight is 356 g/mol. The molecule has 0 spiro atoms. The minimum atomic E-state index is -0.220. The summed E-state index contributed by atoms with van der Waals surface area (Å²) < 4.78 is 0. The molecule has 1 saturated carbocycles. The lowest BCUT2D eigenvalue weighted by Gasteiger charge is -2.39. The first-order chi connectivity index (χ1) is 12.6. The summed E-state index contributed by atoms with van der Waals surface area (Å²) in [5, 5.41) is 38.6. The molecule has 0 amide bonds. The molecule has 0 saturated heterocycles. The number of hydrogen-bond acceptors (Lipinski definition) is 4. The summed E-state index contributed by atoms with van der Waals surface area (Å²) in [6.45, 7) is -0.240. The number of hydrogen-bond donors (Lipinski definition) is 4. The highest BCUT2D eigenvalue weighted by Gasteiger charge is 2.36. The Morgan fingerprint density at radius 3 is 1.19 bits per heavy atom. The fourth-order valence-corrected chi connectivity index (χ4v) is 4.34. The lowest BCUT2D eigenvalue weighted by Crippen LogP contribution is -2.31. The minimum Gasteiger partial charge on any atom is -0.392 e. The van der Waals surface area contributed by atoms with Gasteiger partial charge in [-0.3, -0.25) is 0 Å². The molecule has 4 heteroatoms. The Labute approximate surface area is 154 Å². The van der Waals surface area contributed by atoms with E-state index in [1.54, 1.807) is 0 Å². The molecule has 3 rings (SSSR count). The second kappa shape index (κ2) is 8.31. The van der Waals surface area contributed by atoms with Crippen LogP contribution in [-0.4, -0.2) is 20.4 Å². The van der Waals surface area contributed by atoms with Crippen molar-refractivity contribution in [2.45, 2.75) is 63.9 Å². The van der Waals surface area contributed by atoms with Crippen molar-refractivity contribution in [1.29, 1.82) is 0 Å². The van der Waals surface area contributed by atoms with Gasteiger partial charge in [-0.2, -0.15) is 0 Å². The Hall–Kier alpha value is -1.72. The van der Waals surface area contributed by atoms with Gasteiger partial charge in [0.05, 0.1) is 26.4 Å². The van der Waals surface area contributed by atoms with Crippen molar-refractivity contribution >= 4 is 0 Å². The Balaban J connectivity index is 2.20. The van der Waals surface area contributed by atoms with Crippen molar-refractivity contribution in [3.05, 3.63) is 69.8 Å². The predicted molar refractivity (Wildman–Crippen MR) is 100 cm³/mol. The lowest BCUT2D eigenvalue weighted by molar-refractivity contribution is 0.272. The smallest absolute Gasteiger partial charge is 0.0682 e. The van der Waals surface area contributed by atoms with E-state index in [-0.39, 0.29) is 31.8 Å². The highest BCUT2D eigenvalue weighted by Crippen LogP contribution is 2.46. The van der Waals surface area contributed by atoms with Crippen molar-refractivity contribution in [1.82, 2.24) is 0 Å². The molecule has 1 aliphatic rings. The van der Waals surface area contributed by atoms with Gasteiger partial charge in [-0.05, 0) is 46.2 Å². The summed E-state index contributed by atoms with van der Waals surface area (Å²) in [4.78, 5) is 0. The van der Waals surface area contributed by atoms with Gasteiger partial charge in [-0.1, -0.05) is 55.7 Å². The van der Waals surface area contributed by atoms with E-state index in [2.05, 4.69) is 0 Å². The third-order valence-corrected chi connectivity index (χ3v) is 5.65. The molecule has 2 aromatic carbocycles. The van der Waals surface area contributed by atoms with Gasteiger partial charge >= 0.3 is 0 Å². The molecular weight excluding hydrogens is 328 g/mol. The van der Waals surface area contributed by atoms with Crippen LogP contribution in [0.15, 0.2) is 36.4 Å². The minimum absolute atomic E-state index is 0.0600. The maximum atomic E-state index is 9.65. The third-order valence-electron chi connectivity index (χ3n) is 5.65. The summed E-state index contributed by atoms with van der Waals surface area (Å²) in [5.74, 6) is 0. The van der Waals surface area contributed by atoms with Crippen LogP contribution < -0.4 is 0 Å². The third kappa shape index (κ3) is 3.69. The second-order valence-electron chi connectivity index (χ2n) is 7.35. The van der Waals surface area contributed by atoms with Gasteiger partial charge in [0.25, 0.3) is 0 Å². The molecule has 4 N–H and O–H groups in total. The van der Waals surface area contributed by atoms with E-state index in [1.165, 1.54) is 6.42 Å². The predicted octanol–water partition coefficient (Wildman–Crippen LogP) is 2.91. The van der Waals surface area contributed by atoms with Gasteiger partial charge in [0, 0.05) is 5.41 Å². The SMILES string of the molecule is OCc1cc(CO)cc(C2(c3cc(CO)cc(CO)c3)CCCCC2)c1. The van der Waals surface area contributed by atoms with E-state index in [9.17, 15) is 20.4 Å². The zero-order chi connectivity index (χ0) is 18.6. The summed E-state index contributed by atoms with van der Waals surface area (Å²) in [6, 6.07) is 11.8. The first-order valence-electron chi connectivity index (χ1n) is 9.35. The zero-order valence-electron chi connectivity index (χ0n) is 15.1. The molecule has 0 aliphatic heterocycles. The summed E-state index contributed by atoms with van der Waals surface area (Å²) in [6.07, 6.45) is 5.37. The van der Waals surface area contributed by atoms with E-state index in [4.69, 9.17) is 0 Å². The number of aliphatic hydroxyl groups excluding tert-OH is 4. The molecule has 26 heavy (non-hydrogen) atoms. The molecule has 4 nitrogen and oxygen atoms in total. The van der Waals surface area contributed by atoms with E-state index in [0.717, 1.165) is 59.1 Å². The fraction of sp³-hybridized carbons (Fsp3) is 0.455. The molecule has 0 bridgehead atoms. The second-order valence-corrected chi connectivity index (χ2v) is 7.35. The number of rotatable bonds is 6. The van der Waals surface area contributed by atoms with Gasteiger partial charge in [0.1, 0.15) is 0 Å². The van der Waals surface area contributed by atoms with E-state index in [0.29, 0.717) is 0 Å². The maximum absolute atomic E-state index is 9.65. The Kier molecular flexibility index (Phi) is 6.09. The van der Waals surface area contributed by atoms with Gasteiger partial charge < -0.3 is 20.4 Å². The van der Waals surface area contributed by atoms with Crippen LogP contribution in [0.5, 0.6) is 0 Å². The summed E-state index contributed by atoms with van der Waals surface area (Å²) >= 11 is 0. The fourth-order valence-electron chi connectivity index (χ4n) is 4.34. The van der Waals surface area contributed by atoms with E-state index < -0.39 is 0 Å². The molecule has 0 aromatic heterocycles. The van der Waals surface area contributed by atoms with Crippen molar-refractivity contribution < 1.29 is 20.4 Å². The van der Waals surface area contributed by atoms with Crippen LogP contribution in [0.4, 0.5) is 0 Å². The van der Waals surface area contributed by atoms with Crippen LogP contribution in [0.3, 0.4) is 0 Å². The summed E-state index contributed by atoms with van der Waals surface area (Å²) in [5.41, 5.74) is 5.20. The van der Waals surface area contributed by atoms with Gasteiger partial charge in [0.15, 0.2) is 0 Å². The van der Waals surface area contributed by atoms with E-state index >= 15 is 0 Å². The average Bonchev–Trinajstić information content (AvgIpc) is 2.73. The molecule has 0 heterocycles. The first kappa shape index (κ1) is 19.1. The monoisotopic (exact) mass is 356 g/mol. The quantitative estimate of drug-likeness (QED) is 0.642. The molecule has 0 unspecified atom stereocenters. The summed E-state index contributed by atoms with van der Waals surface area (Å²) in [7, 11) is 0. The Morgan fingerprint density at radius 2 is 0.885 bits per heavy atom. The van der Waals surface area contributed by atoms with Crippen molar-refractivity contribution in [3.8, 4) is 0 Å². The molecule has 2 aromatic rings. The van der Waals surface area contributed by atoms with Crippen LogP contribution in [0, 0.1) is 0 Å². The molecule has 1 fully saturated rings. The van der Waals surface area contributed by atoms with Crippen LogP contribution in [0.1, 0.15) is 65.5 Å². The maximum Gasteiger partial charge on any atom is 0.0682 e. The standard InChI is InChI=1S/C22H28O4/c23-12-16-6-17(13-24)9-20(8-16)22(4-2-1-3-5-22)21-10-18(14-25)7-19(11-21)15-26/h6-11,23-26H,1-5,12-15H2. The molecular formula is C22H28O4. The van der Waals surface area contributed by atoms with Crippen molar-refractivity contribution in [3.63, 3.8) is 0 Å². The zero-order valence-corrected chi connectivity index (χ0v) is 15.1. The number of aliphatic hydroxyl groups is 4. The van der Waals surface area contributed by atoms with E-state index in [1.807, 2.05) is 36.4 Å². The van der Waals surface area contributed by atoms with Crippen LogP contribution in [-0.2, 0) is 31.8 Å². The Morgan fingerprint density at radius 1 is 0.538 bits per heavy atom. The van der Waals surface area contributed by atoms with Crippen molar-refractivity contribution in [2.24, 2.45) is 0 Å². The molecule has 140 valence electrons. The Bertz CT molecular complexity index is 646. The lowest BCUT2D eigenvalue weighted by atomic mass is 9.64. The van der Waals surface area contributed by atoms with Gasteiger partial charge in [-0.25, -0.2) is 0 Å². The van der Waals surface area contributed by atoms with Crippen molar-refractivity contribution in [2.75, 3.05) is 0 Å². The van der Waals surface area contributed by atoms with Crippen LogP contribution >= 0.6 is 0 Å². The first-order valence-corrected chi connectivity index (χ1v) is 9.35. The molecule has 1 aliphatic carbocycles. The molecule has 0 radical (unpaired) electrons. The van der Waals surface area contributed by atoms with Gasteiger partial charge in [0.2, 0.25) is 0 Å².